The normalized spacial score (nSPS) is 14.6. The molecule has 0 aromatic carbocycles. The maximum absolute atomic E-state index is 11.9. The summed E-state index contributed by atoms with van der Waals surface area (Å²) >= 11 is 0. The van der Waals surface area contributed by atoms with Gasteiger partial charge in [0.2, 0.25) is 0 Å². The fourth-order valence-corrected chi connectivity index (χ4v) is 1.27. The van der Waals surface area contributed by atoms with Crippen LogP contribution in [0, 0.1) is 5.92 Å². The molecule has 0 aliphatic heterocycles. The lowest BCUT2D eigenvalue weighted by atomic mass is 9.88. The van der Waals surface area contributed by atoms with Gasteiger partial charge in [-0.2, -0.15) is 0 Å². The van der Waals surface area contributed by atoms with Crippen LogP contribution in [0.4, 0.5) is 0 Å². The lowest BCUT2D eigenvalue weighted by Crippen LogP contribution is -2.55. The summed E-state index contributed by atoms with van der Waals surface area (Å²) in [5.74, 6) is 0.173. The molecule has 4 heteroatoms. The Morgan fingerprint density at radius 1 is 1.50 bits per heavy atom. The zero-order valence-electron chi connectivity index (χ0n) is 10.0. The maximum Gasteiger partial charge on any atom is 0.251 e. The minimum absolute atomic E-state index is 0.107. The number of nitrogens with zero attached hydrogens (tertiary/aromatic N) is 1. The quantitative estimate of drug-likeness (QED) is 0.802. The molecule has 0 saturated carbocycles. The zero-order chi connectivity index (χ0) is 12.2. The summed E-state index contributed by atoms with van der Waals surface area (Å²) in [4.78, 5) is 15.8. The van der Waals surface area contributed by atoms with Crippen molar-refractivity contribution in [3.63, 3.8) is 0 Å². The van der Waals surface area contributed by atoms with Crippen molar-refractivity contribution in [1.29, 1.82) is 0 Å². The van der Waals surface area contributed by atoms with E-state index in [9.17, 15) is 4.79 Å². The lowest BCUT2D eigenvalue weighted by molar-refractivity contribution is 0.0883. The molecule has 1 rings (SSSR count). The summed E-state index contributed by atoms with van der Waals surface area (Å²) in [5.41, 5.74) is 5.94. The smallest absolute Gasteiger partial charge is 0.251 e. The van der Waals surface area contributed by atoms with Crippen molar-refractivity contribution in [1.82, 2.24) is 10.3 Å². The van der Waals surface area contributed by atoms with Gasteiger partial charge < -0.3 is 11.1 Å². The van der Waals surface area contributed by atoms with Crippen molar-refractivity contribution in [3.05, 3.63) is 30.1 Å². The van der Waals surface area contributed by atoms with Gasteiger partial charge in [-0.3, -0.25) is 9.78 Å². The lowest BCUT2D eigenvalue weighted by Gasteiger charge is -2.33. The topological polar surface area (TPSA) is 68.0 Å². The molecule has 16 heavy (non-hydrogen) atoms. The number of hydrogen-bond acceptors (Lipinski definition) is 3. The summed E-state index contributed by atoms with van der Waals surface area (Å²) in [5, 5.41) is 2.97. The van der Waals surface area contributed by atoms with E-state index in [0.717, 1.165) is 0 Å². The van der Waals surface area contributed by atoms with E-state index in [2.05, 4.69) is 10.3 Å². The molecule has 1 aromatic heterocycles. The van der Waals surface area contributed by atoms with E-state index >= 15 is 0 Å². The largest absolute Gasteiger partial charge is 0.345 e. The van der Waals surface area contributed by atoms with Crippen molar-refractivity contribution < 1.29 is 4.79 Å². The third-order valence-electron chi connectivity index (χ3n) is 3.04. The van der Waals surface area contributed by atoms with Crippen LogP contribution >= 0.6 is 0 Å². The first-order valence-corrected chi connectivity index (χ1v) is 5.42. The van der Waals surface area contributed by atoms with Gasteiger partial charge in [-0.05, 0) is 25.0 Å². The number of rotatable bonds is 4. The summed E-state index contributed by atoms with van der Waals surface area (Å²) in [7, 11) is 0. The highest BCUT2D eigenvalue weighted by Crippen LogP contribution is 2.15. The molecule has 0 saturated heterocycles. The molecule has 1 heterocycles. The third kappa shape index (κ3) is 2.79. The number of carbonyl (C=O) groups excluding carboxylic acids is 1. The molecule has 1 aromatic rings. The van der Waals surface area contributed by atoms with Gasteiger partial charge in [0.1, 0.15) is 0 Å². The highest BCUT2D eigenvalue weighted by atomic mass is 16.1. The van der Waals surface area contributed by atoms with Crippen molar-refractivity contribution in [2.45, 2.75) is 26.3 Å². The van der Waals surface area contributed by atoms with Crippen LogP contribution in [0.25, 0.3) is 0 Å². The molecule has 0 fully saturated rings. The van der Waals surface area contributed by atoms with Crippen molar-refractivity contribution >= 4 is 5.91 Å². The van der Waals surface area contributed by atoms with Crippen LogP contribution in [0.5, 0.6) is 0 Å². The summed E-state index contributed by atoms with van der Waals surface area (Å²) < 4.78 is 0. The molecule has 0 bridgehead atoms. The number of aromatic nitrogens is 1. The van der Waals surface area contributed by atoms with Crippen molar-refractivity contribution in [2.75, 3.05) is 6.54 Å². The summed E-state index contributed by atoms with van der Waals surface area (Å²) in [6.45, 7) is 6.46. The number of hydrogen-bond donors (Lipinski definition) is 2. The van der Waals surface area contributed by atoms with Crippen LogP contribution < -0.4 is 11.1 Å². The molecule has 0 radical (unpaired) electrons. The average molecular weight is 221 g/mol. The SMILES string of the molecule is CC(C)C(C)(CN)NC(=O)c1ccncc1. The van der Waals surface area contributed by atoms with Crippen LogP contribution in [-0.2, 0) is 0 Å². The van der Waals surface area contributed by atoms with Crippen LogP contribution in [0.1, 0.15) is 31.1 Å². The number of carbonyl (C=O) groups is 1. The van der Waals surface area contributed by atoms with E-state index in [1.165, 1.54) is 0 Å². The van der Waals surface area contributed by atoms with Gasteiger partial charge in [0.05, 0.1) is 5.54 Å². The Bertz CT molecular complexity index is 351. The molecule has 0 aliphatic carbocycles. The Morgan fingerprint density at radius 2 is 2.06 bits per heavy atom. The van der Waals surface area contributed by atoms with E-state index in [0.29, 0.717) is 12.1 Å². The van der Waals surface area contributed by atoms with Crippen LogP contribution in [0.15, 0.2) is 24.5 Å². The van der Waals surface area contributed by atoms with Gasteiger partial charge in [-0.15, -0.1) is 0 Å². The average Bonchev–Trinajstić information content (AvgIpc) is 2.29. The Labute approximate surface area is 96.3 Å². The van der Waals surface area contributed by atoms with Gasteiger partial charge in [-0.1, -0.05) is 13.8 Å². The van der Waals surface area contributed by atoms with E-state index in [4.69, 9.17) is 5.73 Å². The first-order valence-electron chi connectivity index (χ1n) is 5.42. The molecule has 0 spiro atoms. The molecule has 88 valence electrons. The third-order valence-corrected chi connectivity index (χ3v) is 3.04. The van der Waals surface area contributed by atoms with Gasteiger partial charge in [0.15, 0.2) is 0 Å². The van der Waals surface area contributed by atoms with E-state index < -0.39 is 0 Å². The predicted molar refractivity (Wildman–Crippen MR) is 64.0 cm³/mol. The highest BCUT2D eigenvalue weighted by molar-refractivity contribution is 5.94. The van der Waals surface area contributed by atoms with E-state index in [1.807, 2.05) is 20.8 Å². The van der Waals surface area contributed by atoms with E-state index in [1.54, 1.807) is 24.5 Å². The van der Waals surface area contributed by atoms with Crippen molar-refractivity contribution in [2.24, 2.45) is 11.7 Å². The summed E-state index contributed by atoms with van der Waals surface area (Å²) in [6, 6.07) is 3.37. The number of amides is 1. The number of nitrogens with one attached hydrogen (secondary N) is 1. The monoisotopic (exact) mass is 221 g/mol. The molecule has 4 nitrogen and oxygen atoms in total. The molecule has 1 unspecified atom stereocenters. The molecule has 0 aliphatic rings. The second-order valence-electron chi connectivity index (χ2n) is 4.47. The molecule has 1 atom stereocenters. The molecule has 3 N–H and O–H groups in total. The Morgan fingerprint density at radius 3 is 2.50 bits per heavy atom. The zero-order valence-corrected chi connectivity index (χ0v) is 10.0. The fourth-order valence-electron chi connectivity index (χ4n) is 1.27. The Balaban J connectivity index is 2.78. The second kappa shape index (κ2) is 5.07. The number of pyridine rings is 1. The first-order chi connectivity index (χ1) is 7.49. The minimum atomic E-state index is -0.375. The Hall–Kier alpha value is -1.42. The van der Waals surface area contributed by atoms with Crippen molar-refractivity contribution in [3.8, 4) is 0 Å². The van der Waals surface area contributed by atoms with Gasteiger partial charge in [0.25, 0.3) is 5.91 Å². The summed E-state index contributed by atoms with van der Waals surface area (Å²) in [6.07, 6.45) is 3.20. The predicted octanol–water partition coefficient (Wildman–Crippen LogP) is 1.18. The standard InChI is InChI=1S/C12H19N3O/c1-9(2)12(3,8-13)15-11(16)10-4-6-14-7-5-10/h4-7,9H,8,13H2,1-3H3,(H,15,16). The van der Waals surface area contributed by atoms with Gasteiger partial charge in [0, 0.05) is 24.5 Å². The number of nitrogens with two attached hydrogens (primary N) is 1. The van der Waals surface area contributed by atoms with Crippen LogP contribution in [0.2, 0.25) is 0 Å². The molecule has 1 amide bonds. The van der Waals surface area contributed by atoms with Crippen LogP contribution in [-0.4, -0.2) is 23.0 Å². The first kappa shape index (κ1) is 12.6. The minimum Gasteiger partial charge on any atom is -0.345 e. The van der Waals surface area contributed by atoms with Crippen LogP contribution in [0.3, 0.4) is 0 Å². The second-order valence-corrected chi connectivity index (χ2v) is 4.47. The van der Waals surface area contributed by atoms with Gasteiger partial charge in [-0.25, -0.2) is 0 Å². The highest BCUT2D eigenvalue weighted by Gasteiger charge is 2.28. The van der Waals surface area contributed by atoms with Gasteiger partial charge >= 0.3 is 0 Å². The molecular weight excluding hydrogens is 202 g/mol. The maximum atomic E-state index is 11.9. The fraction of sp³-hybridized carbons (Fsp3) is 0.500. The van der Waals surface area contributed by atoms with E-state index in [-0.39, 0.29) is 17.4 Å². The molecular formula is C12H19N3O. The Kier molecular flexibility index (Phi) is 4.01.